The molecule has 1 saturated heterocycles. The van der Waals surface area contributed by atoms with Crippen LogP contribution in [0.5, 0.6) is 0 Å². The van der Waals surface area contributed by atoms with Crippen molar-refractivity contribution in [2.24, 2.45) is 5.92 Å². The maximum atomic E-state index is 13.2. The van der Waals surface area contributed by atoms with Crippen LogP contribution in [0.4, 0.5) is 10.1 Å². The van der Waals surface area contributed by atoms with Gasteiger partial charge in [0.2, 0.25) is 11.8 Å². The van der Waals surface area contributed by atoms with E-state index in [0.29, 0.717) is 15.8 Å². The van der Waals surface area contributed by atoms with Gasteiger partial charge in [0, 0.05) is 16.5 Å². The lowest BCUT2D eigenvalue weighted by Crippen LogP contribution is -2.48. The summed E-state index contributed by atoms with van der Waals surface area (Å²) >= 11 is 2.00. The molecule has 4 nitrogen and oxygen atoms in total. The van der Waals surface area contributed by atoms with Gasteiger partial charge in [-0.1, -0.05) is 13.8 Å². The van der Waals surface area contributed by atoms with Gasteiger partial charge in [-0.3, -0.25) is 9.59 Å². The van der Waals surface area contributed by atoms with Crippen molar-refractivity contribution in [3.05, 3.63) is 27.6 Å². The molecule has 1 fully saturated rings. The summed E-state index contributed by atoms with van der Waals surface area (Å²) in [7, 11) is 0. The first-order valence-corrected chi connectivity index (χ1v) is 7.54. The normalized spacial score (nSPS) is 20.1. The minimum atomic E-state index is -0.536. The van der Waals surface area contributed by atoms with Gasteiger partial charge in [0.15, 0.2) is 0 Å². The van der Waals surface area contributed by atoms with E-state index in [1.54, 1.807) is 11.0 Å². The van der Waals surface area contributed by atoms with Crippen molar-refractivity contribution >= 4 is 40.1 Å². The summed E-state index contributed by atoms with van der Waals surface area (Å²) in [5, 5.41) is 2.75. The Morgan fingerprint density at radius 2 is 2.10 bits per heavy atom. The molecule has 1 aromatic rings. The molecular weight excluding hydrogens is 374 g/mol. The van der Waals surface area contributed by atoms with Crippen LogP contribution in [0.25, 0.3) is 0 Å². The van der Waals surface area contributed by atoms with Crippen molar-refractivity contribution in [1.29, 1.82) is 0 Å². The van der Waals surface area contributed by atoms with Crippen LogP contribution in [0.15, 0.2) is 18.2 Å². The Morgan fingerprint density at radius 3 is 2.70 bits per heavy atom. The van der Waals surface area contributed by atoms with Crippen LogP contribution < -0.4 is 10.2 Å². The van der Waals surface area contributed by atoms with E-state index in [0.717, 1.165) is 0 Å². The van der Waals surface area contributed by atoms with Crippen molar-refractivity contribution in [2.75, 3.05) is 11.4 Å². The number of benzene rings is 1. The number of anilines is 1. The highest BCUT2D eigenvalue weighted by Crippen LogP contribution is 2.26. The summed E-state index contributed by atoms with van der Waals surface area (Å²) in [6.45, 7) is 4.10. The van der Waals surface area contributed by atoms with Crippen LogP contribution >= 0.6 is 22.6 Å². The number of rotatable bonds is 2. The Kier molecular flexibility index (Phi) is 4.62. The first-order chi connectivity index (χ1) is 9.40. The summed E-state index contributed by atoms with van der Waals surface area (Å²) < 4.78 is 13.8. The molecule has 108 valence electrons. The predicted octanol–water partition coefficient (Wildman–Crippen LogP) is 2.31. The lowest BCUT2D eigenvalue weighted by molar-refractivity contribution is -0.126. The summed E-state index contributed by atoms with van der Waals surface area (Å²) in [6, 6.07) is 3.76. The third-order valence-corrected chi connectivity index (χ3v) is 4.14. The molecule has 1 aliphatic rings. The quantitative estimate of drug-likeness (QED) is 0.789. The molecule has 1 unspecified atom stereocenters. The lowest BCUT2D eigenvalue weighted by Gasteiger charge is -2.26. The van der Waals surface area contributed by atoms with E-state index in [2.05, 4.69) is 5.32 Å². The molecule has 0 aromatic heterocycles. The largest absolute Gasteiger partial charge is 0.344 e. The molecule has 2 amide bonds. The molecule has 1 atom stereocenters. The number of amides is 2. The van der Waals surface area contributed by atoms with Gasteiger partial charge in [-0.05, 0) is 46.7 Å². The van der Waals surface area contributed by atoms with E-state index in [1.165, 1.54) is 12.1 Å². The number of carbonyl (C=O) groups excluding carboxylic acids is 2. The number of halogens is 2. The zero-order valence-corrected chi connectivity index (χ0v) is 13.5. The number of carbonyl (C=O) groups is 2. The lowest BCUT2D eigenvalue weighted by atomic mass is 10.0. The van der Waals surface area contributed by atoms with Crippen LogP contribution in [0.1, 0.15) is 20.3 Å². The molecule has 0 bridgehead atoms. The van der Waals surface area contributed by atoms with Crippen molar-refractivity contribution in [3.8, 4) is 0 Å². The van der Waals surface area contributed by atoms with Crippen molar-refractivity contribution in [2.45, 2.75) is 26.3 Å². The number of nitrogens with zero attached hydrogens (tertiary/aromatic N) is 1. The first kappa shape index (κ1) is 15.2. The van der Waals surface area contributed by atoms with Gasteiger partial charge in [0.25, 0.3) is 0 Å². The van der Waals surface area contributed by atoms with E-state index in [9.17, 15) is 14.0 Å². The van der Waals surface area contributed by atoms with Gasteiger partial charge in [-0.25, -0.2) is 4.39 Å². The average molecular weight is 390 g/mol. The zero-order valence-electron chi connectivity index (χ0n) is 11.3. The smallest absolute Gasteiger partial charge is 0.249 e. The fourth-order valence-electron chi connectivity index (χ4n) is 2.19. The maximum Gasteiger partial charge on any atom is 0.249 e. The van der Waals surface area contributed by atoms with E-state index in [4.69, 9.17) is 0 Å². The maximum absolute atomic E-state index is 13.2. The molecule has 0 aliphatic carbocycles. The van der Waals surface area contributed by atoms with Crippen molar-refractivity contribution < 1.29 is 14.0 Å². The molecule has 6 heteroatoms. The fraction of sp³-hybridized carbons (Fsp3) is 0.429. The SMILES string of the molecule is CC(C)C1NC(=O)CCN(c2ccc(F)cc2I)C1=O. The second kappa shape index (κ2) is 6.07. The van der Waals surface area contributed by atoms with Crippen molar-refractivity contribution in [3.63, 3.8) is 0 Å². The van der Waals surface area contributed by atoms with E-state index < -0.39 is 6.04 Å². The summed E-state index contributed by atoms with van der Waals surface area (Å²) in [4.78, 5) is 25.9. The van der Waals surface area contributed by atoms with Crippen LogP contribution in [-0.2, 0) is 9.59 Å². The highest BCUT2D eigenvalue weighted by Gasteiger charge is 2.33. The van der Waals surface area contributed by atoms with Gasteiger partial charge in [0.1, 0.15) is 11.9 Å². The molecule has 20 heavy (non-hydrogen) atoms. The summed E-state index contributed by atoms with van der Waals surface area (Å²) in [5.74, 6) is -0.604. The van der Waals surface area contributed by atoms with Gasteiger partial charge in [0.05, 0.1) is 5.69 Å². The fourth-order valence-corrected chi connectivity index (χ4v) is 2.96. The average Bonchev–Trinajstić information content (AvgIpc) is 2.50. The zero-order chi connectivity index (χ0) is 14.9. The topological polar surface area (TPSA) is 49.4 Å². The summed E-state index contributed by atoms with van der Waals surface area (Å²) in [5.41, 5.74) is 0.652. The van der Waals surface area contributed by atoms with Gasteiger partial charge in [-0.15, -0.1) is 0 Å². The number of hydrogen-bond acceptors (Lipinski definition) is 2. The molecule has 2 rings (SSSR count). The van der Waals surface area contributed by atoms with E-state index in [-0.39, 0.29) is 30.0 Å². The Bertz CT molecular complexity index is 548. The Labute approximate surface area is 130 Å². The summed E-state index contributed by atoms with van der Waals surface area (Å²) in [6.07, 6.45) is 0.252. The van der Waals surface area contributed by atoms with E-state index in [1.807, 2.05) is 36.4 Å². The minimum absolute atomic E-state index is 0.00478. The third-order valence-electron chi connectivity index (χ3n) is 3.28. The van der Waals surface area contributed by atoms with Crippen LogP contribution in [0.3, 0.4) is 0 Å². The Morgan fingerprint density at radius 1 is 1.40 bits per heavy atom. The third kappa shape index (κ3) is 3.11. The predicted molar refractivity (Wildman–Crippen MR) is 82.9 cm³/mol. The molecule has 0 spiro atoms. The molecule has 1 aromatic carbocycles. The van der Waals surface area contributed by atoms with Crippen LogP contribution in [0.2, 0.25) is 0 Å². The van der Waals surface area contributed by atoms with Crippen LogP contribution in [-0.4, -0.2) is 24.4 Å². The first-order valence-electron chi connectivity index (χ1n) is 6.46. The second-order valence-corrected chi connectivity index (χ2v) is 6.29. The Balaban J connectivity index is 2.38. The molecular formula is C14H16FIN2O2. The van der Waals surface area contributed by atoms with E-state index >= 15 is 0 Å². The Hall–Kier alpha value is -1.18. The number of nitrogens with one attached hydrogen (secondary N) is 1. The molecule has 1 aliphatic heterocycles. The van der Waals surface area contributed by atoms with Gasteiger partial charge in [-0.2, -0.15) is 0 Å². The van der Waals surface area contributed by atoms with Gasteiger partial charge >= 0.3 is 0 Å². The number of hydrogen-bond donors (Lipinski definition) is 1. The molecule has 0 saturated carbocycles. The minimum Gasteiger partial charge on any atom is -0.344 e. The monoisotopic (exact) mass is 390 g/mol. The molecule has 1 N–H and O–H groups in total. The standard InChI is InChI=1S/C14H16FIN2O2/c1-8(2)13-14(20)18(6-5-12(19)17-13)11-4-3-9(15)7-10(11)16/h3-4,7-8,13H,5-6H2,1-2H3,(H,17,19). The molecule has 1 heterocycles. The highest BCUT2D eigenvalue weighted by molar-refractivity contribution is 14.1. The molecule has 0 radical (unpaired) electrons. The highest BCUT2D eigenvalue weighted by atomic mass is 127. The van der Waals surface area contributed by atoms with Gasteiger partial charge < -0.3 is 10.2 Å². The van der Waals surface area contributed by atoms with Crippen LogP contribution in [0, 0.1) is 15.3 Å². The van der Waals surface area contributed by atoms with Crippen molar-refractivity contribution in [1.82, 2.24) is 5.32 Å². The second-order valence-electron chi connectivity index (χ2n) is 5.12.